The lowest BCUT2D eigenvalue weighted by molar-refractivity contribution is -0.151. The minimum atomic E-state index is -1.03. The quantitative estimate of drug-likeness (QED) is 0.735. The number of carboxylic acid groups (broad SMARTS) is 1. The van der Waals surface area contributed by atoms with E-state index in [0.717, 1.165) is 12.8 Å². The van der Waals surface area contributed by atoms with Gasteiger partial charge in [-0.2, -0.15) is 0 Å². The molecular formula is C11H19NO4. The molecule has 0 saturated heterocycles. The Morgan fingerprint density at radius 3 is 2.44 bits per heavy atom. The first kappa shape index (κ1) is 13.0. The van der Waals surface area contributed by atoms with E-state index in [1.54, 1.807) is 0 Å². The smallest absolute Gasteiger partial charge is 0.325 e. The Bertz CT molecular complexity index is 271. The molecule has 1 aliphatic rings. The van der Waals surface area contributed by atoms with Crippen molar-refractivity contribution in [2.45, 2.75) is 51.2 Å². The molecule has 1 fully saturated rings. The van der Waals surface area contributed by atoms with Crippen molar-refractivity contribution in [1.82, 2.24) is 5.32 Å². The molecule has 1 amide bonds. The first-order valence-corrected chi connectivity index (χ1v) is 5.69. The van der Waals surface area contributed by atoms with Gasteiger partial charge < -0.3 is 15.2 Å². The lowest BCUT2D eigenvalue weighted by Crippen LogP contribution is -2.51. The molecule has 1 atom stereocenters. The second kappa shape index (κ2) is 5.30. The topological polar surface area (TPSA) is 75.6 Å². The van der Waals surface area contributed by atoms with Gasteiger partial charge in [0.25, 0.3) is 5.91 Å². The number of ether oxygens (including phenoxy) is 1. The fourth-order valence-corrected chi connectivity index (χ4v) is 2.05. The highest BCUT2D eigenvalue weighted by molar-refractivity contribution is 5.89. The van der Waals surface area contributed by atoms with E-state index >= 15 is 0 Å². The maximum Gasteiger partial charge on any atom is 0.325 e. The predicted molar refractivity (Wildman–Crippen MR) is 58.1 cm³/mol. The number of nitrogens with one attached hydrogen (secondary N) is 1. The molecule has 0 aliphatic heterocycles. The van der Waals surface area contributed by atoms with Gasteiger partial charge in [0.15, 0.2) is 0 Å². The number of aliphatic carboxylic acids is 1. The van der Waals surface area contributed by atoms with E-state index in [2.05, 4.69) is 5.32 Å². The summed E-state index contributed by atoms with van der Waals surface area (Å²) in [5.41, 5.74) is -0.793. The van der Waals surface area contributed by atoms with Crippen LogP contribution in [0.3, 0.4) is 0 Å². The van der Waals surface area contributed by atoms with E-state index in [1.807, 2.05) is 6.92 Å². The summed E-state index contributed by atoms with van der Waals surface area (Å²) in [5.74, 6) is -1.32. The lowest BCUT2D eigenvalue weighted by atomic mass is 10.0. The minimum absolute atomic E-state index is 0.290. The van der Waals surface area contributed by atoms with Crippen molar-refractivity contribution in [3.63, 3.8) is 0 Å². The summed E-state index contributed by atoms with van der Waals surface area (Å²) in [6.07, 6.45) is 3.27. The molecule has 5 heteroatoms. The van der Waals surface area contributed by atoms with Gasteiger partial charge in [0.05, 0.1) is 0 Å². The van der Waals surface area contributed by atoms with Crippen LogP contribution in [-0.4, -0.2) is 35.2 Å². The molecule has 5 nitrogen and oxygen atoms in total. The molecule has 0 bridgehead atoms. The standard InChI is InChI=1S/C11H19NO4/c1-3-16-11(6-4-5-7-11)10(15)12-8(2)9(13)14/h8H,3-7H2,1-2H3,(H,12,15)(H,13,14)/t8-/m0/s1. The maximum atomic E-state index is 12.0. The Balaban J connectivity index is 2.65. The molecule has 0 aromatic rings. The van der Waals surface area contributed by atoms with E-state index in [-0.39, 0.29) is 5.91 Å². The molecule has 92 valence electrons. The van der Waals surface area contributed by atoms with Crippen LogP contribution in [0.15, 0.2) is 0 Å². The van der Waals surface area contributed by atoms with Crippen molar-refractivity contribution < 1.29 is 19.4 Å². The zero-order valence-electron chi connectivity index (χ0n) is 9.78. The highest BCUT2D eigenvalue weighted by Crippen LogP contribution is 2.33. The zero-order chi connectivity index (χ0) is 12.2. The second-order valence-corrected chi connectivity index (χ2v) is 4.17. The van der Waals surface area contributed by atoms with Crippen molar-refractivity contribution in [1.29, 1.82) is 0 Å². The average molecular weight is 229 g/mol. The molecule has 16 heavy (non-hydrogen) atoms. The maximum absolute atomic E-state index is 12.0. The normalized spacial score (nSPS) is 20.4. The zero-order valence-corrected chi connectivity index (χ0v) is 9.78. The van der Waals surface area contributed by atoms with Gasteiger partial charge in [-0.05, 0) is 39.5 Å². The van der Waals surface area contributed by atoms with E-state index in [4.69, 9.17) is 9.84 Å². The molecule has 0 heterocycles. The highest BCUT2D eigenvalue weighted by atomic mass is 16.5. The van der Waals surface area contributed by atoms with Crippen LogP contribution < -0.4 is 5.32 Å². The fraction of sp³-hybridized carbons (Fsp3) is 0.818. The molecule has 0 unspecified atom stereocenters. The summed E-state index contributed by atoms with van der Waals surface area (Å²) in [4.78, 5) is 22.6. The number of carbonyl (C=O) groups is 2. The number of rotatable bonds is 5. The average Bonchev–Trinajstić information content (AvgIpc) is 2.68. The number of carboxylic acids is 1. The Morgan fingerprint density at radius 2 is 2.00 bits per heavy atom. The number of carbonyl (C=O) groups excluding carboxylic acids is 1. The van der Waals surface area contributed by atoms with Gasteiger partial charge in [0, 0.05) is 6.61 Å². The van der Waals surface area contributed by atoms with Gasteiger partial charge >= 0.3 is 5.97 Å². The highest BCUT2D eigenvalue weighted by Gasteiger charge is 2.42. The van der Waals surface area contributed by atoms with Gasteiger partial charge in [-0.25, -0.2) is 0 Å². The van der Waals surface area contributed by atoms with Gasteiger partial charge in [0.2, 0.25) is 0 Å². The number of amides is 1. The molecular weight excluding hydrogens is 210 g/mol. The molecule has 2 N–H and O–H groups in total. The molecule has 1 aliphatic carbocycles. The van der Waals surface area contributed by atoms with E-state index in [0.29, 0.717) is 19.4 Å². The summed E-state index contributed by atoms with van der Waals surface area (Å²) >= 11 is 0. The first-order chi connectivity index (χ1) is 7.52. The Morgan fingerprint density at radius 1 is 1.44 bits per heavy atom. The Hall–Kier alpha value is -1.10. The van der Waals surface area contributed by atoms with Crippen molar-refractivity contribution in [3.8, 4) is 0 Å². The van der Waals surface area contributed by atoms with Gasteiger partial charge in [-0.3, -0.25) is 9.59 Å². The van der Waals surface area contributed by atoms with Crippen LogP contribution in [-0.2, 0) is 14.3 Å². The van der Waals surface area contributed by atoms with Crippen LogP contribution in [0, 0.1) is 0 Å². The fourth-order valence-electron chi connectivity index (χ4n) is 2.05. The van der Waals surface area contributed by atoms with Crippen molar-refractivity contribution in [2.75, 3.05) is 6.61 Å². The second-order valence-electron chi connectivity index (χ2n) is 4.17. The third-order valence-electron chi connectivity index (χ3n) is 2.96. The van der Waals surface area contributed by atoms with Crippen molar-refractivity contribution in [2.24, 2.45) is 0 Å². The van der Waals surface area contributed by atoms with E-state index in [9.17, 15) is 9.59 Å². The van der Waals surface area contributed by atoms with E-state index in [1.165, 1.54) is 6.92 Å². The van der Waals surface area contributed by atoms with Crippen LogP contribution in [0.5, 0.6) is 0 Å². The van der Waals surface area contributed by atoms with Crippen LogP contribution in [0.4, 0.5) is 0 Å². The van der Waals surface area contributed by atoms with Crippen LogP contribution in [0.2, 0.25) is 0 Å². The van der Waals surface area contributed by atoms with Gasteiger partial charge in [-0.1, -0.05) is 0 Å². The van der Waals surface area contributed by atoms with Crippen LogP contribution >= 0.6 is 0 Å². The first-order valence-electron chi connectivity index (χ1n) is 5.69. The third-order valence-corrected chi connectivity index (χ3v) is 2.96. The Kier molecular flexibility index (Phi) is 4.29. The van der Waals surface area contributed by atoms with Gasteiger partial charge in [-0.15, -0.1) is 0 Å². The number of hydrogen-bond donors (Lipinski definition) is 2. The van der Waals surface area contributed by atoms with Crippen LogP contribution in [0.1, 0.15) is 39.5 Å². The monoisotopic (exact) mass is 229 g/mol. The van der Waals surface area contributed by atoms with E-state index < -0.39 is 17.6 Å². The molecule has 0 radical (unpaired) electrons. The number of hydrogen-bond acceptors (Lipinski definition) is 3. The largest absolute Gasteiger partial charge is 0.480 e. The summed E-state index contributed by atoms with van der Waals surface area (Å²) < 4.78 is 5.53. The lowest BCUT2D eigenvalue weighted by Gasteiger charge is -2.28. The molecule has 1 rings (SSSR count). The van der Waals surface area contributed by atoms with Crippen LogP contribution in [0.25, 0.3) is 0 Å². The Labute approximate surface area is 95.2 Å². The molecule has 1 saturated carbocycles. The van der Waals surface area contributed by atoms with Crippen molar-refractivity contribution >= 4 is 11.9 Å². The molecule has 0 spiro atoms. The summed E-state index contributed by atoms with van der Waals surface area (Å²) in [6.45, 7) is 3.76. The minimum Gasteiger partial charge on any atom is -0.480 e. The summed E-state index contributed by atoms with van der Waals surface area (Å²) in [7, 11) is 0. The molecule has 0 aromatic carbocycles. The molecule has 0 aromatic heterocycles. The predicted octanol–water partition coefficient (Wildman–Crippen LogP) is 0.925. The summed E-state index contributed by atoms with van der Waals surface area (Å²) in [6, 6.07) is -0.870. The summed E-state index contributed by atoms with van der Waals surface area (Å²) in [5, 5.41) is 11.2. The van der Waals surface area contributed by atoms with Gasteiger partial charge in [0.1, 0.15) is 11.6 Å². The SMILES string of the molecule is CCOC1(C(=O)N[C@@H](C)C(=O)O)CCCC1. The third kappa shape index (κ3) is 2.72. The van der Waals surface area contributed by atoms with Crippen molar-refractivity contribution in [3.05, 3.63) is 0 Å².